The van der Waals surface area contributed by atoms with E-state index < -0.39 is 0 Å². The van der Waals surface area contributed by atoms with Crippen LogP contribution in [-0.4, -0.2) is 18.6 Å². The van der Waals surface area contributed by atoms with Gasteiger partial charge >= 0.3 is 0 Å². The second kappa shape index (κ2) is 5.73. The van der Waals surface area contributed by atoms with E-state index in [9.17, 15) is 0 Å². The van der Waals surface area contributed by atoms with Gasteiger partial charge in [-0.25, -0.2) is 0 Å². The van der Waals surface area contributed by atoms with Crippen LogP contribution in [0.1, 0.15) is 25.1 Å². The van der Waals surface area contributed by atoms with E-state index in [1.807, 2.05) is 25.2 Å². The van der Waals surface area contributed by atoms with Gasteiger partial charge in [0.05, 0.1) is 11.7 Å². The third-order valence-electron chi connectivity index (χ3n) is 2.53. The lowest BCUT2D eigenvalue weighted by atomic mass is 9.94. The molecule has 0 bridgehead atoms. The molecule has 0 aliphatic heterocycles. The van der Waals surface area contributed by atoms with Crippen molar-refractivity contribution in [3.8, 4) is 0 Å². The molecule has 0 aromatic carbocycles. The number of nitrogens with one attached hydrogen (secondary N) is 1. The lowest BCUT2D eigenvalue weighted by molar-refractivity contribution is 0.397. The molecule has 3 N–H and O–H groups in total. The molecule has 0 saturated heterocycles. The van der Waals surface area contributed by atoms with Crippen molar-refractivity contribution in [2.45, 2.75) is 19.4 Å². The largest absolute Gasteiger partial charge is 0.322 e. The van der Waals surface area contributed by atoms with E-state index in [0.717, 1.165) is 18.7 Å². The summed E-state index contributed by atoms with van der Waals surface area (Å²) in [6.07, 6.45) is 2.86. The maximum atomic E-state index is 6.13. The molecular weight excluding hydrogens is 174 g/mol. The van der Waals surface area contributed by atoms with Crippen LogP contribution in [0.2, 0.25) is 0 Å². The molecule has 0 spiro atoms. The highest BCUT2D eigenvalue weighted by atomic mass is 14.8. The molecule has 3 nitrogen and oxygen atoms in total. The predicted octanol–water partition coefficient (Wildman–Crippen LogP) is 1.33. The molecule has 2 atom stereocenters. The Morgan fingerprint density at radius 2 is 2.29 bits per heavy atom. The average molecular weight is 193 g/mol. The summed E-state index contributed by atoms with van der Waals surface area (Å²) in [6, 6.07) is 5.92. The zero-order valence-corrected chi connectivity index (χ0v) is 8.90. The quantitative estimate of drug-likeness (QED) is 0.741. The lowest BCUT2D eigenvalue weighted by Gasteiger charge is -2.21. The fourth-order valence-corrected chi connectivity index (χ4v) is 1.60. The van der Waals surface area contributed by atoms with Gasteiger partial charge in [-0.1, -0.05) is 19.4 Å². The van der Waals surface area contributed by atoms with Gasteiger partial charge in [0.25, 0.3) is 0 Å². The van der Waals surface area contributed by atoms with Crippen LogP contribution in [0.5, 0.6) is 0 Å². The van der Waals surface area contributed by atoms with Crippen LogP contribution in [0.15, 0.2) is 24.4 Å². The predicted molar refractivity (Wildman–Crippen MR) is 58.9 cm³/mol. The molecule has 0 radical (unpaired) electrons. The maximum Gasteiger partial charge on any atom is 0.0574 e. The minimum Gasteiger partial charge on any atom is -0.322 e. The Morgan fingerprint density at radius 3 is 2.79 bits per heavy atom. The minimum atomic E-state index is 0.0358. The van der Waals surface area contributed by atoms with Crippen molar-refractivity contribution in [2.75, 3.05) is 13.6 Å². The molecule has 0 aliphatic rings. The molecule has 0 saturated carbocycles. The molecular formula is C11H19N3. The zero-order valence-electron chi connectivity index (χ0n) is 8.90. The fourth-order valence-electron chi connectivity index (χ4n) is 1.60. The Balaban J connectivity index is 2.67. The number of hydrogen-bond donors (Lipinski definition) is 2. The van der Waals surface area contributed by atoms with E-state index >= 15 is 0 Å². The first-order valence-electron chi connectivity index (χ1n) is 5.10. The van der Waals surface area contributed by atoms with E-state index in [2.05, 4.69) is 17.2 Å². The molecule has 1 aromatic heterocycles. The van der Waals surface area contributed by atoms with Gasteiger partial charge in [0, 0.05) is 6.20 Å². The monoisotopic (exact) mass is 193 g/mol. The van der Waals surface area contributed by atoms with Crippen LogP contribution in [0.25, 0.3) is 0 Å². The fraction of sp³-hybridized carbons (Fsp3) is 0.545. The first kappa shape index (κ1) is 11.1. The van der Waals surface area contributed by atoms with E-state index in [-0.39, 0.29) is 6.04 Å². The summed E-state index contributed by atoms with van der Waals surface area (Å²) in [4.78, 5) is 4.28. The summed E-state index contributed by atoms with van der Waals surface area (Å²) in [5.74, 6) is 0.454. The van der Waals surface area contributed by atoms with Crippen LogP contribution >= 0.6 is 0 Å². The SMILES string of the molecule is CCC(CNC)C(N)c1ccccn1. The van der Waals surface area contributed by atoms with Crippen LogP contribution in [0, 0.1) is 5.92 Å². The second-order valence-electron chi connectivity index (χ2n) is 3.51. The van der Waals surface area contributed by atoms with Crippen molar-refractivity contribution in [2.24, 2.45) is 11.7 Å². The molecule has 0 aliphatic carbocycles. The van der Waals surface area contributed by atoms with Crippen LogP contribution in [0.4, 0.5) is 0 Å². The summed E-state index contributed by atoms with van der Waals surface area (Å²) >= 11 is 0. The van der Waals surface area contributed by atoms with Gasteiger partial charge < -0.3 is 11.1 Å². The van der Waals surface area contributed by atoms with Gasteiger partial charge in [0.1, 0.15) is 0 Å². The molecule has 78 valence electrons. The normalized spacial score (nSPS) is 15.1. The lowest BCUT2D eigenvalue weighted by Crippen LogP contribution is -2.29. The third kappa shape index (κ3) is 2.79. The number of nitrogens with two attached hydrogens (primary N) is 1. The highest BCUT2D eigenvalue weighted by Gasteiger charge is 2.17. The Hall–Kier alpha value is -0.930. The number of rotatable bonds is 5. The molecule has 3 heteroatoms. The van der Waals surface area contributed by atoms with Gasteiger partial charge in [0.15, 0.2) is 0 Å². The Bertz CT molecular complexity index is 248. The minimum absolute atomic E-state index is 0.0358. The van der Waals surface area contributed by atoms with Crippen molar-refractivity contribution in [3.05, 3.63) is 30.1 Å². The highest BCUT2D eigenvalue weighted by Crippen LogP contribution is 2.19. The molecule has 0 fully saturated rings. The van der Waals surface area contributed by atoms with Crippen molar-refractivity contribution < 1.29 is 0 Å². The number of hydrogen-bond acceptors (Lipinski definition) is 3. The van der Waals surface area contributed by atoms with Gasteiger partial charge in [-0.3, -0.25) is 4.98 Å². The van der Waals surface area contributed by atoms with Gasteiger partial charge in [0.2, 0.25) is 0 Å². The average Bonchev–Trinajstić information content (AvgIpc) is 2.26. The Morgan fingerprint density at radius 1 is 1.50 bits per heavy atom. The van der Waals surface area contributed by atoms with Gasteiger partial charge in [-0.15, -0.1) is 0 Å². The van der Waals surface area contributed by atoms with Crippen LogP contribution in [0.3, 0.4) is 0 Å². The number of aromatic nitrogens is 1. The van der Waals surface area contributed by atoms with Crippen LogP contribution < -0.4 is 11.1 Å². The number of nitrogens with zero attached hydrogens (tertiary/aromatic N) is 1. The highest BCUT2D eigenvalue weighted by molar-refractivity contribution is 5.09. The standard InChI is InChI=1S/C11H19N3/c1-3-9(8-13-2)11(12)10-6-4-5-7-14-10/h4-7,9,11,13H,3,8,12H2,1-2H3. The van der Waals surface area contributed by atoms with Crippen molar-refractivity contribution in [1.82, 2.24) is 10.3 Å². The Labute approximate surface area is 85.7 Å². The zero-order chi connectivity index (χ0) is 10.4. The van der Waals surface area contributed by atoms with Gasteiger partial charge in [-0.2, -0.15) is 0 Å². The van der Waals surface area contributed by atoms with Crippen molar-refractivity contribution in [3.63, 3.8) is 0 Å². The van der Waals surface area contributed by atoms with Crippen molar-refractivity contribution in [1.29, 1.82) is 0 Å². The second-order valence-corrected chi connectivity index (χ2v) is 3.51. The van der Waals surface area contributed by atoms with E-state index in [0.29, 0.717) is 5.92 Å². The third-order valence-corrected chi connectivity index (χ3v) is 2.53. The Kier molecular flexibility index (Phi) is 4.56. The molecule has 1 aromatic rings. The molecule has 1 rings (SSSR count). The van der Waals surface area contributed by atoms with E-state index in [1.54, 1.807) is 6.20 Å². The summed E-state index contributed by atoms with van der Waals surface area (Å²) in [5.41, 5.74) is 7.11. The molecule has 0 amide bonds. The first-order valence-corrected chi connectivity index (χ1v) is 5.10. The summed E-state index contributed by atoms with van der Waals surface area (Å²) in [7, 11) is 1.95. The molecule has 2 unspecified atom stereocenters. The smallest absolute Gasteiger partial charge is 0.0574 e. The van der Waals surface area contributed by atoms with Crippen LogP contribution in [-0.2, 0) is 0 Å². The maximum absolute atomic E-state index is 6.13. The summed E-state index contributed by atoms with van der Waals surface area (Å²) in [6.45, 7) is 3.10. The molecule has 1 heterocycles. The van der Waals surface area contributed by atoms with Gasteiger partial charge in [-0.05, 0) is 31.6 Å². The first-order chi connectivity index (χ1) is 6.79. The topological polar surface area (TPSA) is 50.9 Å². The number of pyridine rings is 1. The van der Waals surface area contributed by atoms with Crippen molar-refractivity contribution >= 4 is 0 Å². The summed E-state index contributed by atoms with van der Waals surface area (Å²) < 4.78 is 0. The summed E-state index contributed by atoms with van der Waals surface area (Å²) in [5, 5.41) is 3.16. The van der Waals surface area contributed by atoms with E-state index in [4.69, 9.17) is 5.73 Å². The molecule has 14 heavy (non-hydrogen) atoms. The van der Waals surface area contributed by atoms with E-state index in [1.165, 1.54) is 0 Å².